The van der Waals surface area contributed by atoms with E-state index in [1.807, 2.05) is 13.8 Å². The molecule has 0 saturated heterocycles. The number of ether oxygens (including phenoxy) is 3. The Morgan fingerprint density at radius 1 is 0.893 bits per heavy atom. The number of alkyl carbamates (subject to hydrolysis) is 2. The maximum absolute atomic E-state index is 12.1. The highest BCUT2D eigenvalue weighted by Crippen LogP contribution is 1.94. The quantitative estimate of drug-likeness (QED) is 0.191. The zero-order valence-electron chi connectivity index (χ0n) is 16.6. The molecule has 162 valence electrons. The molecule has 11 nitrogen and oxygen atoms in total. The molecule has 0 unspecified atom stereocenters. The molecule has 2 atom stereocenters. The first-order valence-corrected chi connectivity index (χ1v) is 9.22. The van der Waals surface area contributed by atoms with Crippen molar-refractivity contribution in [1.29, 1.82) is 0 Å². The average molecular weight is 405 g/mol. The zero-order valence-corrected chi connectivity index (χ0v) is 16.6. The summed E-state index contributed by atoms with van der Waals surface area (Å²) in [6.45, 7) is 3.24. The van der Waals surface area contributed by atoms with Gasteiger partial charge in [-0.3, -0.25) is 4.79 Å². The molecule has 0 aromatic heterocycles. The van der Waals surface area contributed by atoms with Crippen LogP contribution in [0.1, 0.15) is 39.5 Å². The predicted molar refractivity (Wildman–Crippen MR) is 98.5 cm³/mol. The second-order valence-corrected chi connectivity index (χ2v) is 5.82. The minimum atomic E-state index is -1.27. The lowest BCUT2D eigenvalue weighted by atomic mass is 10.2. The van der Waals surface area contributed by atoms with Gasteiger partial charge < -0.3 is 35.3 Å². The van der Waals surface area contributed by atoms with E-state index in [-0.39, 0.29) is 19.8 Å². The Hall–Kier alpha value is -2.56. The van der Waals surface area contributed by atoms with E-state index < -0.39 is 42.8 Å². The number of carbonyl (C=O) groups excluding carboxylic acids is 4. The van der Waals surface area contributed by atoms with Crippen molar-refractivity contribution in [3.05, 3.63) is 0 Å². The van der Waals surface area contributed by atoms with Crippen molar-refractivity contribution in [1.82, 2.24) is 16.0 Å². The summed E-state index contributed by atoms with van der Waals surface area (Å²) in [6, 6.07) is -2.47. The number of carbonyl (C=O) groups is 4. The van der Waals surface area contributed by atoms with Gasteiger partial charge in [-0.2, -0.15) is 0 Å². The second-order valence-electron chi connectivity index (χ2n) is 5.82. The van der Waals surface area contributed by atoms with Gasteiger partial charge in [-0.15, -0.1) is 0 Å². The SMILES string of the molecule is CCCCOC(=O)N[C@@H](CO)C(=O)NC[C@H](NC(=O)OCCCC)C(=O)OC. The van der Waals surface area contributed by atoms with Gasteiger partial charge >= 0.3 is 18.2 Å². The number of hydrogen-bond donors (Lipinski definition) is 4. The van der Waals surface area contributed by atoms with Gasteiger partial charge in [0.2, 0.25) is 5.91 Å². The fourth-order valence-electron chi connectivity index (χ4n) is 1.84. The molecular formula is C17H31N3O8. The van der Waals surface area contributed by atoms with E-state index in [0.717, 1.165) is 20.0 Å². The molecule has 3 amide bonds. The fraction of sp³-hybridized carbons (Fsp3) is 0.765. The second kappa shape index (κ2) is 15.5. The highest BCUT2D eigenvalue weighted by atomic mass is 16.6. The molecule has 28 heavy (non-hydrogen) atoms. The van der Waals surface area contributed by atoms with Crippen LogP contribution in [0.4, 0.5) is 9.59 Å². The smallest absolute Gasteiger partial charge is 0.407 e. The van der Waals surface area contributed by atoms with E-state index in [2.05, 4.69) is 20.7 Å². The van der Waals surface area contributed by atoms with Crippen LogP contribution in [0.2, 0.25) is 0 Å². The summed E-state index contributed by atoms with van der Waals surface area (Å²) in [5.74, 6) is -1.55. The van der Waals surface area contributed by atoms with E-state index in [9.17, 15) is 24.3 Å². The van der Waals surface area contributed by atoms with E-state index in [1.165, 1.54) is 0 Å². The van der Waals surface area contributed by atoms with Crippen LogP contribution >= 0.6 is 0 Å². The minimum absolute atomic E-state index is 0.191. The Balaban J connectivity index is 4.58. The van der Waals surface area contributed by atoms with Gasteiger partial charge in [0.1, 0.15) is 12.1 Å². The maximum atomic E-state index is 12.1. The summed E-state index contributed by atoms with van der Waals surface area (Å²) >= 11 is 0. The Kier molecular flexibility index (Phi) is 14.1. The molecule has 0 aliphatic carbocycles. The largest absolute Gasteiger partial charge is 0.467 e. The summed E-state index contributed by atoms with van der Waals surface area (Å²) in [6.07, 6.45) is 1.34. The summed E-state index contributed by atoms with van der Waals surface area (Å²) in [7, 11) is 1.13. The lowest BCUT2D eigenvalue weighted by molar-refractivity contribution is -0.143. The standard InChI is InChI=1S/C17H31N3O8/c1-4-6-8-27-16(24)19-12(15(23)26-3)10-18-14(22)13(11-21)20-17(25)28-9-7-5-2/h12-13,21H,4-11H2,1-3H3,(H,18,22)(H,19,24)(H,20,25)/t12-,13-/m0/s1. The van der Waals surface area contributed by atoms with Crippen molar-refractivity contribution in [2.45, 2.75) is 51.6 Å². The molecule has 0 fully saturated rings. The Morgan fingerprint density at radius 3 is 1.82 bits per heavy atom. The fourth-order valence-corrected chi connectivity index (χ4v) is 1.84. The average Bonchev–Trinajstić information content (AvgIpc) is 2.68. The number of methoxy groups -OCH3 is 1. The lowest BCUT2D eigenvalue weighted by Crippen LogP contribution is -2.54. The molecule has 0 aromatic carbocycles. The van der Waals surface area contributed by atoms with E-state index in [1.54, 1.807) is 0 Å². The third kappa shape index (κ3) is 11.2. The minimum Gasteiger partial charge on any atom is -0.467 e. The number of nitrogens with one attached hydrogen (secondary N) is 3. The number of esters is 1. The van der Waals surface area contributed by atoms with Gasteiger partial charge in [0.15, 0.2) is 0 Å². The third-order valence-corrected chi connectivity index (χ3v) is 3.51. The number of amides is 3. The van der Waals surface area contributed by atoms with Crippen LogP contribution in [-0.2, 0) is 23.8 Å². The molecule has 0 rings (SSSR count). The topological polar surface area (TPSA) is 152 Å². The van der Waals surface area contributed by atoms with Crippen molar-refractivity contribution in [3.8, 4) is 0 Å². The van der Waals surface area contributed by atoms with Gasteiger partial charge in [-0.05, 0) is 12.8 Å². The summed E-state index contributed by atoms with van der Waals surface area (Å²) in [4.78, 5) is 47.2. The number of rotatable bonds is 13. The molecule has 0 saturated carbocycles. The van der Waals surface area contributed by atoms with Crippen molar-refractivity contribution >= 4 is 24.1 Å². The number of aliphatic hydroxyl groups excluding tert-OH is 1. The molecular weight excluding hydrogens is 374 g/mol. The molecule has 0 aliphatic heterocycles. The first-order chi connectivity index (χ1) is 13.4. The summed E-state index contributed by atoms with van der Waals surface area (Å²) in [5, 5.41) is 16.1. The molecule has 0 bridgehead atoms. The highest BCUT2D eigenvalue weighted by molar-refractivity contribution is 5.87. The third-order valence-electron chi connectivity index (χ3n) is 3.51. The van der Waals surface area contributed by atoms with Gasteiger partial charge in [0.25, 0.3) is 0 Å². The first-order valence-electron chi connectivity index (χ1n) is 9.22. The van der Waals surface area contributed by atoms with Gasteiger partial charge in [-0.25, -0.2) is 14.4 Å². The van der Waals surface area contributed by atoms with Crippen molar-refractivity contribution < 1.29 is 38.5 Å². The Bertz CT molecular complexity index is 501. The van der Waals surface area contributed by atoms with Crippen LogP contribution in [-0.4, -0.2) is 74.7 Å². The van der Waals surface area contributed by atoms with Crippen LogP contribution in [0.25, 0.3) is 0 Å². The molecule has 4 N–H and O–H groups in total. The van der Waals surface area contributed by atoms with E-state index >= 15 is 0 Å². The molecule has 0 radical (unpaired) electrons. The molecule has 0 aliphatic rings. The highest BCUT2D eigenvalue weighted by Gasteiger charge is 2.26. The van der Waals surface area contributed by atoms with Crippen molar-refractivity contribution in [2.75, 3.05) is 33.5 Å². The van der Waals surface area contributed by atoms with E-state index in [0.29, 0.717) is 12.8 Å². The summed E-state index contributed by atoms with van der Waals surface area (Å²) < 4.78 is 14.3. The van der Waals surface area contributed by atoms with Crippen LogP contribution in [0.5, 0.6) is 0 Å². The number of aliphatic hydroxyl groups is 1. The summed E-state index contributed by atoms with van der Waals surface area (Å²) in [5.41, 5.74) is 0. The molecule has 0 spiro atoms. The van der Waals surface area contributed by atoms with Gasteiger partial charge in [-0.1, -0.05) is 26.7 Å². The lowest BCUT2D eigenvalue weighted by Gasteiger charge is -2.20. The Morgan fingerprint density at radius 2 is 1.39 bits per heavy atom. The Labute approximate surface area is 164 Å². The van der Waals surface area contributed by atoms with E-state index in [4.69, 9.17) is 9.47 Å². The maximum Gasteiger partial charge on any atom is 0.407 e. The van der Waals surface area contributed by atoms with Crippen LogP contribution < -0.4 is 16.0 Å². The number of unbranched alkanes of at least 4 members (excludes halogenated alkanes) is 2. The molecule has 11 heteroatoms. The van der Waals surface area contributed by atoms with Crippen LogP contribution in [0, 0.1) is 0 Å². The van der Waals surface area contributed by atoms with Crippen LogP contribution in [0.15, 0.2) is 0 Å². The monoisotopic (exact) mass is 405 g/mol. The molecule has 0 aromatic rings. The number of hydrogen-bond acceptors (Lipinski definition) is 8. The normalized spacial score (nSPS) is 12.3. The zero-order chi connectivity index (χ0) is 21.4. The van der Waals surface area contributed by atoms with Crippen molar-refractivity contribution in [2.24, 2.45) is 0 Å². The predicted octanol–water partition coefficient (Wildman–Crippen LogP) is 0.0577. The van der Waals surface area contributed by atoms with Gasteiger partial charge in [0, 0.05) is 6.54 Å². The molecule has 0 heterocycles. The van der Waals surface area contributed by atoms with Crippen molar-refractivity contribution in [3.63, 3.8) is 0 Å². The van der Waals surface area contributed by atoms with Gasteiger partial charge in [0.05, 0.1) is 26.9 Å². The van der Waals surface area contributed by atoms with Crippen LogP contribution in [0.3, 0.4) is 0 Å². The first kappa shape index (κ1) is 25.4.